The zero-order valence-corrected chi connectivity index (χ0v) is 17.2. The lowest BCUT2D eigenvalue weighted by atomic mass is 9.85. The molecule has 3 nitrogen and oxygen atoms in total. The minimum Gasteiger partial charge on any atom is -0.294 e. The van der Waals surface area contributed by atoms with Gasteiger partial charge in [0.25, 0.3) is 5.92 Å². The first-order chi connectivity index (χ1) is 12.9. The van der Waals surface area contributed by atoms with Crippen LogP contribution in [0.4, 0.5) is 13.2 Å². The molecular weight excluding hydrogens is 365 g/mol. The van der Waals surface area contributed by atoms with Crippen LogP contribution in [0.5, 0.6) is 0 Å². The van der Waals surface area contributed by atoms with Gasteiger partial charge in [0.05, 0.1) is 11.8 Å². The number of aromatic nitrogens is 1. The van der Waals surface area contributed by atoms with E-state index in [1.807, 2.05) is 0 Å². The molecule has 0 saturated carbocycles. The number of hydrogen-bond acceptors (Lipinski definition) is 3. The van der Waals surface area contributed by atoms with Gasteiger partial charge in [0.1, 0.15) is 0 Å². The maximum absolute atomic E-state index is 13.6. The largest absolute Gasteiger partial charge is 0.294 e. The Morgan fingerprint density at radius 2 is 1.68 bits per heavy atom. The molecule has 0 radical (unpaired) electrons. The van der Waals surface area contributed by atoms with Crippen molar-refractivity contribution >= 4 is 11.5 Å². The van der Waals surface area contributed by atoms with Crippen LogP contribution in [0.25, 0.3) is 0 Å². The summed E-state index contributed by atoms with van der Waals surface area (Å²) in [5.74, 6) is -3.68. The van der Waals surface area contributed by atoms with Crippen molar-refractivity contribution in [2.45, 2.75) is 47.0 Å². The van der Waals surface area contributed by atoms with E-state index in [4.69, 9.17) is 0 Å². The van der Waals surface area contributed by atoms with Crippen LogP contribution >= 0.6 is 0 Å². The summed E-state index contributed by atoms with van der Waals surface area (Å²) in [6.07, 6.45) is 3.09. The summed E-state index contributed by atoms with van der Waals surface area (Å²) in [6.45, 7) is 8.47. The Morgan fingerprint density at radius 1 is 1.07 bits per heavy atom. The van der Waals surface area contributed by atoms with Crippen molar-refractivity contribution in [1.29, 1.82) is 0 Å². The van der Waals surface area contributed by atoms with Crippen molar-refractivity contribution in [3.8, 4) is 0 Å². The molecule has 0 amide bonds. The summed E-state index contributed by atoms with van der Waals surface area (Å²) in [6, 6.07) is 7.97. The van der Waals surface area contributed by atoms with E-state index in [0.29, 0.717) is 12.0 Å². The van der Waals surface area contributed by atoms with Crippen molar-refractivity contribution in [3.05, 3.63) is 65.2 Å². The first-order valence-electron chi connectivity index (χ1n) is 8.90. The zero-order valence-electron chi connectivity index (χ0n) is 17.2. The average molecular weight is 392 g/mol. The fourth-order valence-corrected chi connectivity index (χ4v) is 2.58. The topological polar surface area (TPSA) is 42.3 Å². The van der Waals surface area contributed by atoms with Gasteiger partial charge in [-0.2, -0.15) is 0 Å². The van der Waals surface area contributed by atoms with Crippen LogP contribution in [0.2, 0.25) is 0 Å². The monoisotopic (exact) mass is 392 g/mol. The molecular formula is C22H27F3N2O. The number of rotatable bonds is 4. The summed E-state index contributed by atoms with van der Waals surface area (Å²) in [7, 11) is 1.66. The predicted molar refractivity (Wildman–Crippen MR) is 107 cm³/mol. The molecule has 2 rings (SSSR count). The summed E-state index contributed by atoms with van der Waals surface area (Å²) >= 11 is 0. The molecule has 0 atom stereocenters. The Labute approximate surface area is 164 Å². The molecule has 28 heavy (non-hydrogen) atoms. The Bertz CT molecular complexity index is 834. The van der Waals surface area contributed by atoms with Gasteiger partial charge in [-0.05, 0) is 24.8 Å². The third kappa shape index (κ3) is 7.25. The van der Waals surface area contributed by atoms with Crippen LogP contribution in [0.15, 0.2) is 47.7 Å². The van der Waals surface area contributed by atoms with Gasteiger partial charge in [0.2, 0.25) is 0 Å². The summed E-state index contributed by atoms with van der Waals surface area (Å²) in [5.41, 5.74) is 1.46. The van der Waals surface area contributed by atoms with E-state index in [0.717, 1.165) is 18.8 Å². The fourth-order valence-electron chi connectivity index (χ4n) is 2.58. The molecule has 0 spiro atoms. The van der Waals surface area contributed by atoms with Gasteiger partial charge >= 0.3 is 0 Å². The third-order valence-electron chi connectivity index (χ3n) is 3.83. The second-order valence-corrected chi connectivity index (χ2v) is 7.75. The standard InChI is InChI=1S/C15H21F2N.C7H6FNO/c1-14(2,3)10-13(18-5)11-8-6-7-9-12(11)15(4,16)17;1-5(10)6-2-3-9-4-7(6)8/h6-9H,10H2,1-5H3;2-4H,1H3. The van der Waals surface area contributed by atoms with Crippen molar-refractivity contribution in [3.63, 3.8) is 0 Å². The molecule has 0 aliphatic rings. The van der Waals surface area contributed by atoms with Gasteiger partial charge < -0.3 is 0 Å². The van der Waals surface area contributed by atoms with Crippen LogP contribution in [0.3, 0.4) is 0 Å². The Kier molecular flexibility index (Phi) is 8.09. The quantitative estimate of drug-likeness (QED) is 0.468. The second-order valence-electron chi connectivity index (χ2n) is 7.75. The minimum atomic E-state index is -2.84. The first-order valence-corrected chi connectivity index (χ1v) is 8.90. The van der Waals surface area contributed by atoms with Crippen LogP contribution in [-0.2, 0) is 5.92 Å². The van der Waals surface area contributed by atoms with E-state index in [1.165, 1.54) is 25.3 Å². The number of halogens is 3. The highest BCUT2D eigenvalue weighted by Gasteiger charge is 2.29. The lowest BCUT2D eigenvalue weighted by Crippen LogP contribution is -2.19. The molecule has 2 aromatic rings. The first kappa shape index (κ1) is 23.5. The Balaban J connectivity index is 0.000000330. The van der Waals surface area contributed by atoms with Crippen molar-refractivity contribution < 1.29 is 18.0 Å². The second kappa shape index (κ2) is 9.62. The smallest absolute Gasteiger partial charge is 0.271 e. The zero-order chi connectivity index (χ0) is 21.5. The highest BCUT2D eigenvalue weighted by atomic mass is 19.3. The van der Waals surface area contributed by atoms with Crippen LogP contribution < -0.4 is 0 Å². The summed E-state index contributed by atoms with van der Waals surface area (Å²) in [5, 5.41) is 0. The van der Waals surface area contributed by atoms with Gasteiger partial charge in [-0.15, -0.1) is 0 Å². The normalized spacial score (nSPS) is 12.2. The highest BCUT2D eigenvalue weighted by Crippen LogP contribution is 2.32. The van der Waals surface area contributed by atoms with E-state index in [2.05, 4.69) is 30.7 Å². The SMILES string of the molecule is CC(=O)c1ccncc1F.CN=C(CC(C)(C)C)c1ccccc1C(C)(F)F. The van der Waals surface area contributed by atoms with Gasteiger partial charge in [0.15, 0.2) is 11.6 Å². The lowest BCUT2D eigenvalue weighted by Gasteiger charge is -2.22. The Morgan fingerprint density at radius 3 is 2.11 bits per heavy atom. The van der Waals surface area contributed by atoms with Crippen LogP contribution in [0, 0.1) is 11.2 Å². The molecule has 1 aromatic heterocycles. The molecule has 1 aromatic carbocycles. The molecule has 0 fully saturated rings. The maximum Gasteiger partial charge on any atom is 0.271 e. The molecule has 0 saturated heterocycles. The van der Waals surface area contributed by atoms with E-state index in [-0.39, 0.29) is 22.3 Å². The van der Waals surface area contributed by atoms with E-state index in [9.17, 15) is 18.0 Å². The van der Waals surface area contributed by atoms with Gasteiger partial charge in [-0.25, -0.2) is 13.2 Å². The van der Waals surface area contributed by atoms with Crippen molar-refractivity contribution in [2.24, 2.45) is 10.4 Å². The van der Waals surface area contributed by atoms with Gasteiger partial charge in [-0.3, -0.25) is 14.8 Å². The van der Waals surface area contributed by atoms with Crippen molar-refractivity contribution in [2.75, 3.05) is 7.05 Å². The number of alkyl halides is 2. The molecule has 6 heteroatoms. The molecule has 0 aliphatic carbocycles. The number of nitrogens with zero attached hydrogens (tertiary/aromatic N) is 2. The van der Waals surface area contributed by atoms with E-state index >= 15 is 0 Å². The molecule has 0 bridgehead atoms. The summed E-state index contributed by atoms with van der Waals surface area (Å²) < 4.78 is 39.7. The van der Waals surface area contributed by atoms with Gasteiger partial charge in [0, 0.05) is 37.0 Å². The molecule has 152 valence electrons. The molecule has 0 N–H and O–H groups in total. The number of aliphatic imine (C=N–C) groups is 1. The number of carbonyl (C=O) groups excluding carboxylic acids is 1. The van der Waals surface area contributed by atoms with E-state index in [1.54, 1.807) is 25.2 Å². The lowest BCUT2D eigenvalue weighted by molar-refractivity contribution is 0.0172. The van der Waals surface area contributed by atoms with E-state index < -0.39 is 11.7 Å². The van der Waals surface area contributed by atoms with Crippen LogP contribution in [0.1, 0.15) is 62.5 Å². The number of carbonyl (C=O) groups is 1. The number of hydrogen-bond donors (Lipinski definition) is 0. The third-order valence-corrected chi connectivity index (χ3v) is 3.83. The molecule has 0 aliphatic heterocycles. The Hall–Kier alpha value is -2.50. The number of benzene rings is 1. The maximum atomic E-state index is 13.6. The van der Waals surface area contributed by atoms with Crippen LogP contribution in [-0.4, -0.2) is 23.5 Å². The average Bonchev–Trinajstić information content (AvgIpc) is 2.59. The van der Waals surface area contributed by atoms with Gasteiger partial charge in [-0.1, -0.05) is 45.0 Å². The minimum absolute atomic E-state index is 0.0188. The highest BCUT2D eigenvalue weighted by molar-refractivity contribution is 6.02. The summed E-state index contributed by atoms with van der Waals surface area (Å²) in [4.78, 5) is 18.3. The number of Topliss-reactive ketones (excluding diaryl/α,β-unsaturated/α-hetero) is 1. The number of pyridine rings is 1. The van der Waals surface area contributed by atoms with Crippen molar-refractivity contribution in [1.82, 2.24) is 4.98 Å². The molecule has 0 unspecified atom stereocenters. The molecule has 1 heterocycles. The fraction of sp³-hybridized carbons (Fsp3) is 0.409. The number of ketones is 1. The predicted octanol–water partition coefficient (Wildman–Crippen LogP) is 6.08.